The van der Waals surface area contributed by atoms with Crippen LogP contribution in [0.25, 0.3) is 0 Å². The molecule has 0 aliphatic rings. The van der Waals surface area contributed by atoms with E-state index in [-0.39, 0.29) is 0 Å². The predicted molar refractivity (Wildman–Crippen MR) is 104 cm³/mol. The quantitative estimate of drug-likeness (QED) is 0.636. The van der Waals surface area contributed by atoms with Crippen LogP contribution in [0, 0.1) is 0 Å². The monoisotopic (exact) mass is 318 g/mol. The van der Waals surface area contributed by atoms with Gasteiger partial charge in [0, 0.05) is 26.2 Å². The minimum absolute atomic E-state index is 0.798. The van der Waals surface area contributed by atoms with Crippen molar-refractivity contribution in [1.29, 1.82) is 0 Å². The lowest BCUT2D eigenvalue weighted by Crippen LogP contribution is -2.16. The molecule has 0 aliphatic heterocycles. The molecule has 0 aromatic heterocycles. The number of hydrogen-bond acceptors (Lipinski definition) is 2. The molecule has 0 aliphatic carbocycles. The zero-order valence-corrected chi connectivity index (χ0v) is 14.2. The molecule has 124 valence electrons. The van der Waals surface area contributed by atoms with Crippen molar-refractivity contribution in [3.05, 3.63) is 108 Å². The van der Waals surface area contributed by atoms with Gasteiger partial charge in [0.15, 0.2) is 0 Å². The molecular weight excluding hydrogens is 292 g/mol. The fraction of sp³-hybridized carbons (Fsp3) is 0.182. The second kappa shape index (κ2) is 10.4. The summed E-state index contributed by atoms with van der Waals surface area (Å²) in [6.07, 6.45) is 5.63. The molecule has 0 bridgehead atoms. The summed E-state index contributed by atoms with van der Waals surface area (Å²) < 4.78 is 0. The second-order valence-corrected chi connectivity index (χ2v) is 5.69. The maximum atomic E-state index is 3.81. The summed E-state index contributed by atoms with van der Waals surface area (Å²) in [7, 11) is 0. The average Bonchev–Trinajstić information content (AvgIpc) is 2.62. The van der Waals surface area contributed by atoms with Crippen LogP contribution < -0.4 is 10.6 Å². The molecule has 2 N–H and O–H groups in total. The number of rotatable bonds is 10. The summed E-state index contributed by atoms with van der Waals surface area (Å²) in [4.78, 5) is 0. The molecule has 0 amide bonds. The van der Waals surface area contributed by atoms with E-state index in [1.807, 2.05) is 18.2 Å². The molecule has 0 heterocycles. The van der Waals surface area contributed by atoms with Crippen LogP contribution in [-0.2, 0) is 19.6 Å². The standard InChI is InChI=1S/C22H26N2/c1-3-9-19(4-2)15-23-17-21-12-8-13-22(14-21)18-24-16-20-10-6-5-7-11-20/h3-14,23-24H,1-2,15-18H2/b19-9+. The largest absolute Gasteiger partial charge is 0.309 e. The van der Waals surface area contributed by atoms with Crippen molar-refractivity contribution < 1.29 is 0 Å². The third-order valence-corrected chi connectivity index (χ3v) is 3.74. The van der Waals surface area contributed by atoms with Crippen molar-refractivity contribution in [2.75, 3.05) is 6.54 Å². The highest BCUT2D eigenvalue weighted by Crippen LogP contribution is 2.06. The first-order chi connectivity index (χ1) is 11.8. The Kier molecular flexibility index (Phi) is 7.75. The van der Waals surface area contributed by atoms with E-state index in [4.69, 9.17) is 0 Å². The highest BCUT2D eigenvalue weighted by atomic mass is 14.9. The van der Waals surface area contributed by atoms with E-state index in [1.54, 1.807) is 6.08 Å². The lowest BCUT2D eigenvalue weighted by atomic mass is 10.1. The van der Waals surface area contributed by atoms with Gasteiger partial charge in [0.2, 0.25) is 0 Å². The van der Waals surface area contributed by atoms with Crippen molar-refractivity contribution in [3.8, 4) is 0 Å². The van der Waals surface area contributed by atoms with Crippen molar-refractivity contribution >= 4 is 0 Å². The van der Waals surface area contributed by atoms with Gasteiger partial charge in [-0.1, -0.05) is 86.0 Å². The van der Waals surface area contributed by atoms with Gasteiger partial charge >= 0.3 is 0 Å². The number of nitrogens with one attached hydrogen (secondary N) is 2. The average molecular weight is 318 g/mol. The molecule has 2 aromatic carbocycles. The van der Waals surface area contributed by atoms with Crippen molar-refractivity contribution in [3.63, 3.8) is 0 Å². The van der Waals surface area contributed by atoms with Crippen LogP contribution >= 0.6 is 0 Å². The Bertz CT molecular complexity index is 671. The van der Waals surface area contributed by atoms with Gasteiger partial charge < -0.3 is 10.6 Å². The van der Waals surface area contributed by atoms with Crippen molar-refractivity contribution in [2.24, 2.45) is 0 Å². The van der Waals surface area contributed by atoms with Crippen LogP contribution in [0.3, 0.4) is 0 Å². The first-order valence-electron chi connectivity index (χ1n) is 8.29. The van der Waals surface area contributed by atoms with E-state index in [9.17, 15) is 0 Å². The Balaban J connectivity index is 1.79. The third kappa shape index (κ3) is 6.37. The minimum atomic E-state index is 0.798. The van der Waals surface area contributed by atoms with Crippen LogP contribution in [-0.4, -0.2) is 6.54 Å². The van der Waals surface area contributed by atoms with Gasteiger partial charge in [-0.25, -0.2) is 0 Å². The first-order valence-corrected chi connectivity index (χ1v) is 8.29. The van der Waals surface area contributed by atoms with Crippen molar-refractivity contribution in [2.45, 2.75) is 19.6 Å². The smallest absolute Gasteiger partial charge is 0.0208 e. The molecule has 0 unspecified atom stereocenters. The highest BCUT2D eigenvalue weighted by Gasteiger charge is 1.98. The molecule has 0 spiro atoms. The zero-order valence-electron chi connectivity index (χ0n) is 14.2. The molecule has 2 nitrogen and oxygen atoms in total. The maximum Gasteiger partial charge on any atom is 0.0208 e. The lowest BCUT2D eigenvalue weighted by molar-refractivity contribution is 0.690. The molecule has 0 saturated heterocycles. The highest BCUT2D eigenvalue weighted by molar-refractivity contribution is 5.25. The van der Waals surface area contributed by atoms with Crippen LogP contribution in [0.1, 0.15) is 16.7 Å². The molecule has 0 saturated carbocycles. The Labute approximate surface area is 145 Å². The van der Waals surface area contributed by atoms with Gasteiger partial charge in [-0.3, -0.25) is 0 Å². The second-order valence-electron chi connectivity index (χ2n) is 5.69. The fourth-order valence-electron chi connectivity index (χ4n) is 2.50. The van der Waals surface area contributed by atoms with Crippen molar-refractivity contribution in [1.82, 2.24) is 10.6 Å². The normalized spacial score (nSPS) is 11.2. The summed E-state index contributed by atoms with van der Waals surface area (Å²) in [6.45, 7) is 10.9. The Hall–Kier alpha value is -2.42. The molecule has 24 heavy (non-hydrogen) atoms. The minimum Gasteiger partial charge on any atom is -0.309 e. The number of benzene rings is 2. The predicted octanol–water partition coefficient (Wildman–Crippen LogP) is 4.36. The van der Waals surface area contributed by atoms with Gasteiger partial charge in [0.1, 0.15) is 0 Å². The van der Waals surface area contributed by atoms with E-state index in [2.05, 4.69) is 72.3 Å². The molecule has 2 aromatic rings. The van der Waals surface area contributed by atoms with E-state index >= 15 is 0 Å². The summed E-state index contributed by atoms with van der Waals surface area (Å²) in [5.74, 6) is 0. The molecular formula is C22H26N2. The van der Waals surface area contributed by atoms with Crippen LogP contribution in [0.2, 0.25) is 0 Å². The SMILES string of the molecule is C=C/C=C(\C=C)CNCc1cccc(CNCc2ccccc2)c1. The van der Waals surface area contributed by atoms with E-state index in [0.717, 1.165) is 31.8 Å². The lowest BCUT2D eigenvalue weighted by Gasteiger charge is -2.09. The van der Waals surface area contributed by atoms with Crippen LogP contribution in [0.15, 0.2) is 91.6 Å². The zero-order chi connectivity index (χ0) is 17.0. The summed E-state index contributed by atoms with van der Waals surface area (Å²) in [5, 5.41) is 6.93. The van der Waals surface area contributed by atoms with Crippen LogP contribution in [0.5, 0.6) is 0 Å². The van der Waals surface area contributed by atoms with Gasteiger partial charge in [0.05, 0.1) is 0 Å². The topological polar surface area (TPSA) is 24.1 Å². The number of hydrogen-bond donors (Lipinski definition) is 2. The van der Waals surface area contributed by atoms with Crippen LogP contribution in [0.4, 0.5) is 0 Å². The Morgan fingerprint density at radius 2 is 1.42 bits per heavy atom. The van der Waals surface area contributed by atoms with Gasteiger partial charge in [-0.15, -0.1) is 0 Å². The third-order valence-electron chi connectivity index (χ3n) is 3.74. The van der Waals surface area contributed by atoms with Gasteiger partial charge in [0.25, 0.3) is 0 Å². The summed E-state index contributed by atoms with van der Waals surface area (Å²) >= 11 is 0. The molecule has 2 heteroatoms. The van der Waals surface area contributed by atoms with E-state index < -0.39 is 0 Å². The van der Waals surface area contributed by atoms with E-state index in [1.165, 1.54) is 16.7 Å². The Morgan fingerprint density at radius 3 is 2.08 bits per heavy atom. The van der Waals surface area contributed by atoms with E-state index in [0.29, 0.717) is 0 Å². The number of allylic oxidation sites excluding steroid dienone is 2. The molecule has 0 radical (unpaired) electrons. The van der Waals surface area contributed by atoms with Gasteiger partial charge in [-0.05, 0) is 22.3 Å². The van der Waals surface area contributed by atoms with Gasteiger partial charge in [-0.2, -0.15) is 0 Å². The maximum absolute atomic E-state index is 3.81. The summed E-state index contributed by atoms with van der Waals surface area (Å²) in [5.41, 5.74) is 5.04. The molecule has 2 rings (SSSR count). The first kappa shape index (κ1) is 17.9. The summed E-state index contributed by atoms with van der Waals surface area (Å²) in [6, 6.07) is 19.1. The molecule has 0 fully saturated rings. The fourth-order valence-corrected chi connectivity index (χ4v) is 2.50. The molecule has 0 atom stereocenters. The Morgan fingerprint density at radius 1 is 0.792 bits per heavy atom.